The summed E-state index contributed by atoms with van der Waals surface area (Å²) in [4.78, 5) is 23.1. The summed E-state index contributed by atoms with van der Waals surface area (Å²) in [6, 6.07) is 4.63. The lowest BCUT2D eigenvalue weighted by Crippen LogP contribution is -2.22. The molecule has 1 amide bonds. The second-order valence-corrected chi connectivity index (χ2v) is 6.03. The Morgan fingerprint density at radius 2 is 1.80 bits per heavy atom. The van der Waals surface area contributed by atoms with Crippen LogP contribution in [0, 0.1) is 5.92 Å². The Kier molecular flexibility index (Phi) is 5.17. The predicted molar refractivity (Wildman–Crippen MR) is 80.9 cm³/mol. The van der Waals surface area contributed by atoms with E-state index in [1.807, 2.05) is 0 Å². The van der Waals surface area contributed by atoms with Gasteiger partial charge in [-0.15, -0.1) is 0 Å². The first-order valence-corrected chi connectivity index (χ1v) is 7.71. The molecule has 0 bridgehead atoms. The lowest BCUT2D eigenvalue weighted by Gasteiger charge is -2.15. The minimum atomic E-state index is -0.979. The largest absolute Gasteiger partial charge is 0.478 e. The standard InChI is InChI=1S/C15H18BrNO3/c16-12-9-11(15(19)20)7-8-13(12)17-14(18)10-5-3-1-2-4-6-10/h7-10H,1-6H2,(H,17,18)(H,19,20). The van der Waals surface area contributed by atoms with Crippen molar-refractivity contribution in [1.29, 1.82) is 0 Å². The van der Waals surface area contributed by atoms with Gasteiger partial charge in [-0.05, 0) is 47.0 Å². The molecule has 2 rings (SSSR count). The van der Waals surface area contributed by atoms with E-state index in [4.69, 9.17) is 5.11 Å². The van der Waals surface area contributed by atoms with Crippen molar-refractivity contribution in [3.05, 3.63) is 28.2 Å². The van der Waals surface area contributed by atoms with Gasteiger partial charge in [0.25, 0.3) is 0 Å². The number of carboxylic acids is 1. The van der Waals surface area contributed by atoms with Gasteiger partial charge in [0.05, 0.1) is 11.3 Å². The third-order valence-electron chi connectivity index (χ3n) is 3.70. The SMILES string of the molecule is O=C(O)c1ccc(NC(=O)C2CCCCCC2)c(Br)c1. The summed E-state index contributed by atoms with van der Waals surface area (Å²) in [5, 5.41) is 11.8. The quantitative estimate of drug-likeness (QED) is 0.816. The van der Waals surface area contributed by atoms with E-state index in [1.165, 1.54) is 25.0 Å². The molecule has 0 saturated heterocycles. The van der Waals surface area contributed by atoms with Gasteiger partial charge in [-0.3, -0.25) is 4.79 Å². The van der Waals surface area contributed by atoms with Crippen LogP contribution in [0.4, 0.5) is 5.69 Å². The second-order valence-electron chi connectivity index (χ2n) is 5.18. The summed E-state index contributed by atoms with van der Waals surface area (Å²) < 4.78 is 0.597. The molecule has 5 heteroatoms. The zero-order valence-electron chi connectivity index (χ0n) is 11.2. The number of amides is 1. The number of nitrogens with one attached hydrogen (secondary N) is 1. The second kappa shape index (κ2) is 6.88. The molecule has 0 heterocycles. The fourth-order valence-corrected chi connectivity index (χ4v) is 3.00. The fourth-order valence-electron chi connectivity index (χ4n) is 2.53. The molecule has 1 aliphatic carbocycles. The number of halogens is 1. The van der Waals surface area contributed by atoms with Crippen LogP contribution < -0.4 is 5.32 Å². The van der Waals surface area contributed by atoms with Crippen molar-refractivity contribution in [2.45, 2.75) is 38.5 Å². The van der Waals surface area contributed by atoms with Crippen molar-refractivity contribution < 1.29 is 14.7 Å². The molecule has 1 aromatic rings. The van der Waals surface area contributed by atoms with E-state index in [2.05, 4.69) is 21.2 Å². The van der Waals surface area contributed by atoms with Gasteiger partial charge in [-0.2, -0.15) is 0 Å². The number of hydrogen-bond donors (Lipinski definition) is 2. The fraction of sp³-hybridized carbons (Fsp3) is 0.467. The zero-order chi connectivity index (χ0) is 14.5. The van der Waals surface area contributed by atoms with E-state index in [1.54, 1.807) is 6.07 Å². The molecule has 1 aliphatic rings. The Bertz CT molecular complexity index is 508. The maximum atomic E-state index is 12.2. The average Bonchev–Trinajstić information content (AvgIpc) is 2.69. The van der Waals surface area contributed by atoms with E-state index in [0.29, 0.717) is 10.2 Å². The van der Waals surface area contributed by atoms with Crippen molar-refractivity contribution in [2.24, 2.45) is 5.92 Å². The lowest BCUT2D eigenvalue weighted by molar-refractivity contribution is -0.120. The van der Waals surface area contributed by atoms with Crippen LogP contribution in [0.5, 0.6) is 0 Å². The van der Waals surface area contributed by atoms with E-state index < -0.39 is 5.97 Å². The highest BCUT2D eigenvalue weighted by Crippen LogP contribution is 2.27. The molecule has 2 N–H and O–H groups in total. The van der Waals surface area contributed by atoms with Gasteiger partial charge in [0.2, 0.25) is 5.91 Å². The predicted octanol–water partition coefficient (Wildman–Crippen LogP) is 4.06. The number of anilines is 1. The smallest absolute Gasteiger partial charge is 0.335 e. The van der Waals surface area contributed by atoms with E-state index >= 15 is 0 Å². The normalized spacial score (nSPS) is 16.4. The first kappa shape index (κ1) is 15.0. The number of aromatic carboxylic acids is 1. The van der Waals surface area contributed by atoms with Crippen LogP contribution in [0.1, 0.15) is 48.9 Å². The van der Waals surface area contributed by atoms with Crippen molar-refractivity contribution in [3.8, 4) is 0 Å². The topological polar surface area (TPSA) is 66.4 Å². The van der Waals surface area contributed by atoms with Crippen LogP contribution in [-0.4, -0.2) is 17.0 Å². The van der Waals surface area contributed by atoms with Gasteiger partial charge >= 0.3 is 5.97 Å². The molecule has 0 unspecified atom stereocenters. The summed E-state index contributed by atoms with van der Waals surface area (Å²) >= 11 is 3.31. The first-order chi connectivity index (χ1) is 9.58. The van der Waals surface area contributed by atoms with Crippen molar-refractivity contribution in [1.82, 2.24) is 0 Å². The van der Waals surface area contributed by atoms with Gasteiger partial charge in [0.15, 0.2) is 0 Å². The monoisotopic (exact) mass is 339 g/mol. The minimum Gasteiger partial charge on any atom is -0.478 e. The summed E-state index contributed by atoms with van der Waals surface area (Å²) in [5.74, 6) is -0.869. The minimum absolute atomic E-state index is 0.0377. The number of rotatable bonds is 3. The summed E-state index contributed by atoms with van der Waals surface area (Å²) in [5.41, 5.74) is 0.827. The van der Waals surface area contributed by atoms with E-state index in [0.717, 1.165) is 25.7 Å². The Morgan fingerprint density at radius 3 is 2.35 bits per heavy atom. The maximum absolute atomic E-state index is 12.2. The average molecular weight is 340 g/mol. The molecule has 1 saturated carbocycles. The molecule has 4 nitrogen and oxygen atoms in total. The van der Waals surface area contributed by atoms with Crippen LogP contribution in [0.3, 0.4) is 0 Å². The maximum Gasteiger partial charge on any atom is 0.335 e. The van der Waals surface area contributed by atoms with Gasteiger partial charge < -0.3 is 10.4 Å². The molecule has 0 aliphatic heterocycles. The van der Waals surface area contributed by atoms with Crippen LogP contribution in [0.15, 0.2) is 22.7 Å². The van der Waals surface area contributed by atoms with Gasteiger partial charge in [0, 0.05) is 10.4 Å². The third kappa shape index (κ3) is 3.82. The highest BCUT2D eigenvalue weighted by molar-refractivity contribution is 9.10. The van der Waals surface area contributed by atoms with Gasteiger partial charge in [0.1, 0.15) is 0 Å². The number of carboxylic acid groups (broad SMARTS) is 1. The van der Waals surface area contributed by atoms with Crippen LogP contribution in [0.25, 0.3) is 0 Å². The Hall–Kier alpha value is -1.36. The highest BCUT2D eigenvalue weighted by Gasteiger charge is 2.20. The lowest BCUT2D eigenvalue weighted by atomic mass is 9.99. The third-order valence-corrected chi connectivity index (χ3v) is 4.36. The van der Waals surface area contributed by atoms with Crippen molar-refractivity contribution in [3.63, 3.8) is 0 Å². The molecule has 0 atom stereocenters. The zero-order valence-corrected chi connectivity index (χ0v) is 12.8. The van der Waals surface area contributed by atoms with Crippen LogP contribution >= 0.6 is 15.9 Å². The molecular formula is C15H18BrNO3. The number of benzene rings is 1. The molecule has 1 aromatic carbocycles. The van der Waals surface area contributed by atoms with E-state index in [9.17, 15) is 9.59 Å². The van der Waals surface area contributed by atoms with Crippen molar-refractivity contribution in [2.75, 3.05) is 5.32 Å². The summed E-state index contributed by atoms with van der Waals surface area (Å²) in [6.07, 6.45) is 6.52. The molecule has 0 spiro atoms. The van der Waals surface area contributed by atoms with Crippen LogP contribution in [0.2, 0.25) is 0 Å². The van der Waals surface area contributed by atoms with E-state index in [-0.39, 0.29) is 17.4 Å². The Balaban J connectivity index is 2.05. The Morgan fingerprint density at radius 1 is 1.15 bits per heavy atom. The summed E-state index contributed by atoms with van der Waals surface area (Å²) in [6.45, 7) is 0. The molecular weight excluding hydrogens is 322 g/mol. The van der Waals surface area contributed by atoms with Gasteiger partial charge in [-0.1, -0.05) is 25.7 Å². The van der Waals surface area contributed by atoms with Crippen LogP contribution in [-0.2, 0) is 4.79 Å². The number of carbonyl (C=O) groups excluding carboxylic acids is 1. The van der Waals surface area contributed by atoms with Gasteiger partial charge in [-0.25, -0.2) is 4.79 Å². The molecule has 108 valence electrons. The number of carbonyl (C=O) groups is 2. The Labute approximate surface area is 126 Å². The highest BCUT2D eigenvalue weighted by atomic mass is 79.9. The molecule has 1 fully saturated rings. The molecule has 0 aromatic heterocycles. The molecule has 20 heavy (non-hydrogen) atoms. The number of hydrogen-bond acceptors (Lipinski definition) is 2. The summed E-state index contributed by atoms with van der Waals surface area (Å²) in [7, 11) is 0. The van der Waals surface area contributed by atoms with Crippen molar-refractivity contribution >= 4 is 33.5 Å². The molecule has 0 radical (unpaired) electrons. The first-order valence-electron chi connectivity index (χ1n) is 6.91.